The van der Waals surface area contributed by atoms with Crippen LogP contribution < -0.4 is 11.1 Å². The summed E-state index contributed by atoms with van der Waals surface area (Å²) < 4.78 is 35.1. The maximum atomic E-state index is 11.7. The van der Waals surface area contributed by atoms with E-state index in [0.717, 1.165) is 0 Å². The van der Waals surface area contributed by atoms with E-state index < -0.39 is 12.7 Å². The molecule has 3 nitrogen and oxygen atoms in total. The zero-order valence-electron chi connectivity index (χ0n) is 8.30. The third kappa shape index (κ3) is 5.22. The fraction of sp³-hybridized carbons (Fsp3) is 0.300. The van der Waals surface area contributed by atoms with Crippen LogP contribution in [-0.4, -0.2) is 24.2 Å². The molecule has 0 atom stereocenters. The molecule has 0 fully saturated rings. The van der Waals surface area contributed by atoms with Crippen LogP contribution in [0.4, 0.5) is 18.9 Å². The lowest BCUT2D eigenvalue weighted by Gasteiger charge is -2.04. The van der Waals surface area contributed by atoms with Gasteiger partial charge >= 0.3 is 6.18 Å². The van der Waals surface area contributed by atoms with E-state index in [4.69, 9.17) is 5.73 Å². The number of hydrogen-bond donors (Lipinski definition) is 2. The summed E-state index contributed by atoms with van der Waals surface area (Å²) in [5.41, 5.74) is 6.39. The van der Waals surface area contributed by atoms with E-state index in [0.29, 0.717) is 11.4 Å². The Morgan fingerprint density at radius 3 is 2.69 bits per heavy atom. The van der Waals surface area contributed by atoms with E-state index in [2.05, 4.69) is 22.1 Å². The molecule has 86 valence electrons. The normalized spacial score (nSPS) is 10.7. The zero-order valence-corrected chi connectivity index (χ0v) is 8.30. The standard InChI is InChI=1S/C10H10F3N3/c11-10(12,13)7-15-5-1-2-9-4-3-8(14)6-16-9/h3-4,6,15H,5,7,14H2. The molecule has 0 amide bonds. The molecule has 1 aromatic heterocycles. The first-order valence-electron chi connectivity index (χ1n) is 4.45. The van der Waals surface area contributed by atoms with Gasteiger partial charge in [-0.05, 0) is 18.1 Å². The summed E-state index contributed by atoms with van der Waals surface area (Å²) in [6.07, 6.45) is -2.77. The van der Waals surface area contributed by atoms with Gasteiger partial charge in [-0.15, -0.1) is 0 Å². The van der Waals surface area contributed by atoms with Crippen LogP contribution in [0.1, 0.15) is 5.69 Å². The SMILES string of the molecule is Nc1ccc(C#CCNCC(F)(F)F)nc1. The summed E-state index contributed by atoms with van der Waals surface area (Å²) in [7, 11) is 0. The van der Waals surface area contributed by atoms with Gasteiger partial charge in [-0.1, -0.05) is 5.92 Å². The molecule has 0 aliphatic rings. The molecule has 1 heterocycles. The molecule has 1 aromatic rings. The van der Waals surface area contributed by atoms with Crippen molar-refractivity contribution in [3.05, 3.63) is 24.0 Å². The Morgan fingerprint density at radius 2 is 2.12 bits per heavy atom. The Hall–Kier alpha value is -1.74. The minimum absolute atomic E-state index is 0.0361. The molecule has 0 aromatic carbocycles. The second-order valence-corrected chi connectivity index (χ2v) is 3.00. The molecule has 0 saturated carbocycles. The average Bonchev–Trinajstić information content (AvgIpc) is 2.19. The van der Waals surface area contributed by atoms with Crippen LogP contribution in [0.5, 0.6) is 0 Å². The van der Waals surface area contributed by atoms with Crippen LogP contribution in [0.3, 0.4) is 0 Å². The van der Waals surface area contributed by atoms with Gasteiger partial charge in [0.2, 0.25) is 0 Å². The Bertz CT molecular complexity index is 387. The molecular formula is C10H10F3N3. The van der Waals surface area contributed by atoms with Crippen molar-refractivity contribution in [2.45, 2.75) is 6.18 Å². The fourth-order valence-corrected chi connectivity index (χ4v) is 0.881. The van der Waals surface area contributed by atoms with Crippen molar-refractivity contribution in [1.29, 1.82) is 0 Å². The molecule has 0 aliphatic heterocycles. The number of rotatable bonds is 2. The second kappa shape index (κ2) is 5.37. The van der Waals surface area contributed by atoms with Gasteiger partial charge < -0.3 is 5.73 Å². The number of anilines is 1. The van der Waals surface area contributed by atoms with E-state index in [1.54, 1.807) is 12.1 Å². The van der Waals surface area contributed by atoms with Gasteiger partial charge in [-0.2, -0.15) is 13.2 Å². The highest BCUT2D eigenvalue weighted by atomic mass is 19.4. The first-order chi connectivity index (χ1) is 7.47. The topological polar surface area (TPSA) is 50.9 Å². The lowest BCUT2D eigenvalue weighted by Crippen LogP contribution is -2.28. The molecule has 0 spiro atoms. The van der Waals surface area contributed by atoms with E-state index in [1.165, 1.54) is 6.20 Å². The summed E-state index contributed by atoms with van der Waals surface area (Å²) in [6.45, 7) is -1.08. The van der Waals surface area contributed by atoms with Gasteiger partial charge in [0.25, 0.3) is 0 Å². The third-order valence-electron chi connectivity index (χ3n) is 1.54. The van der Waals surface area contributed by atoms with Crippen molar-refractivity contribution in [3.63, 3.8) is 0 Å². The Morgan fingerprint density at radius 1 is 1.38 bits per heavy atom. The van der Waals surface area contributed by atoms with Gasteiger partial charge in [0, 0.05) is 0 Å². The van der Waals surface area contributed by atoms with Crippen LogP contribution in [0.15, 0.2) is 18.3 Å². The van der Waals surface area contributed by atoms with E-state index in [1.807, 2.05) is 0 Å². The lowest BCUT2D eigenvalue weighted by atomic mass is 10.3. The van der Waals surface area contributed by atoms with Crippen LogP contribution in [0, 0.1) is 11.8 Å². The lowest BCUT2D eigenvalue weighted by molar-refractivity contribution is -0.124. The largest absolute Gasteiger partial charge is 0.401 e. The van der Waals surface area contributed by atoms with Gasteiger partial charge in [-0.3, -0.25) is 5.32 Å². The van der Waals surface area contributed by atoms with Crippen LogP contribution in [0.2, 0.25) is 0 Å². The number of pyridine rings is 1. The minimum Gasteiger partial charge on any atom is -0.397 e. The van der Waals surface area contributed by atoms with Crippen LogP contribution in [0.25, 0.3) is 0 Å². The summed E-state index contributed by atoms with van der Waals surface area (Å²) in [5.74, 6) is 5.14. The number of nitrogens with zero attached hydrogens (tertiary/aromatic N) is 1. The smallest absolute Gasteiger partial charge is 0.397 e. The first-order valence-corrected chi connectivity index (χ1v) is 4.45. The van der Waals surface area contributed by atoms with Crippen molar-refractivity contribution < 1.29 is 13.2 Å². The molecule has 0 unspecified atom stereocenters. The molecule has 6 heteroatoms. The maximum absolute atomic E-state index is 11.7. The van der Waals surface area contributed by atoms with Gasteiger partial charge in [0.05, 0.1) is 25.0 Å². The van der Waals surface area contributed by atoms with Gasteiger partial charge in [0.1, 0.15) is 5.69 Å². The summed E-state index contributed by atoms with van der Waals surface area (Å²) >= 11 is 0. The Labute approximate surface area is 90.9 Å². The van der Waals surface area contributed by atoms with E-state index >= 15 is 0 Å². The fourth-order valence-electron chi connectivity index (χ4n) is 0.881. The Kier molecular flexibility index (Phi) is 4.14. The third-order valence-corrected chi connectivity index (χ3v) is 1.54. The quantitative estimate of drug-likeness (QED) is 0.591. The number of hydrogen-bond acceptors (Lipinski definition) is 3. The molecule has 1 rings (SSSR count). The van der Waals surface area contributed by atoms with Crippen LogP contribution >= 0.6 is 0 Å². The van der Waals surface area contributed by atoms with Crippen molar-refractivity contribution in [2.75, 3.05) is 18.8 Å². The minimum atomic E-state index is -4.21. The van der Waals surface area contributed by atoms with Gasteiger partial charge in [-0.25, -0.2) is 4.98 Å². The number of nitrogen functional groups attached to an aromatic ring is 1. The Balaban J connectivity index is 2.36. The first kappa shape index (κ1) is 12.3. The van der Waals surface area contributed by atoms with E-state index in [-0.39, 0.29) is 6.54 Å². The van der Waals surface area contributed by atoms with Crippen molar-refractivity contribution in [2.24, 2.45) is 0 Å². The highest BCUT2D eigenvalue weighted by Crippen LogP contribution is 2.11. The van der Waals surface area contributed by atoms with Crippen molar-refractivity contribution in [3.8, 4) is 11.8 Å². The summed E-state index contributed by atoms with van der Waals surface area (Å²) in [6, 6.07) is 3.23. The second-order valence-electron chi connectivity index (χ2n) is 3.00. The monoisotopic (exact) mass is 229 g/mol. The molecule has 0 saturated heterocycles. The summed E-state index contributed by atoms with van der Waals surface area (Å²) in [5, 5.41) is 2.16. The summed E-state index contributed by atoms with van der Waals surface area (Å²) in [4.78, 5) is 3.88. The predicted octanol–water partition coefficient (Wildman–Crippen LogP) is 1.17. The highest BCUT2D eigenvalue weighted by Gasteiger charge is 2.25. The molecule has 0 bridgehead atoms. The maximum Gasteiger partial charge on any atom is 0.401 e. The van der Waals surface area contributed by atoms with Crippen molar-refractivity contribution in [1.82, 2.24) is 10.3 Å². The molecule has 3 N–H and O–H groups in total. The van der Waals surface area contributed by atoms with Gasteiger partial charge in [0.15, 0.2) is 0 Å². The zero-order chi connectivity index (χ0) is 12.0. The molecular weight excluding hydrogens is 219 g/mol. The highest BCUT2D eigenvalue weighted by molar-refractivity contribution is 5.38. The average molecular weight is 229 g/mol. The predicted molar refractivity (Wildman–Crippen MR) is 54.5 cm³/mol. The molecule has 16 heavy (non-hydrogen) atoms. The molecule has 0 aliphatic carbocycles. The number of nitrogens with one attached hydrogen (secondary N) is 1. The number of alkyl halides is 3. The van der Waals surface area contributed by atoms with Crippen molar-refractivity contribution >= 4 is 5.69 Å². The van der Waals surface area contributed by atoms with Crippen LogP contribution in [-0.2, 0) is 0 Å². The number of nitrogens with two attached hydrogens (primary N) is 1. The number of aromatic nitrogens is 1. The van der Waals surface area contributed by atoms with E-state index in [9.17, 15) is 13.2 Å². The molecule has 0 radical (unpaired) electrons. The number of halogens is 3.